The monoisotopic (exact) mass is 867 g/mol. The Balaban J connectivity index is 1.18. The largest absolute Gasteiger partial charge is 0.309 e. The first-order valence-electron chi connectivity index (χ1n) is 23.2. The highest BCUT2D eigenvalue weighted by Gasteiger charge is 2.25. The molecule has 0 unspecified atom stereocenters. The van der Waals surface area contributed by atoms with E-state index in [9.17, 15) is 0 Å². The molecule has 0 atom stereocenters. The van der Waals surface area contributed by atoms with Crippen LogP contribution < -0.4 is 4.90 Å². The molecule has 0 aliphatic heterocycles. The molecule has 0 saturated heterocycles. The lowest BCUT2D eigenvalue weighted by Crippen LogP contribution is -2.16. The van der Waals surface area contributed by atoms with Crippen LogP contribution in [0.25, 0.3) is 86.2 Å². The van der Waals surface area contributed by atoms with E-state index in [0.717, 1.165) is 17.1 Å². The van der Waals surface area contributed by atoms with Gasteiger partial charge in [0.05, 0.1) is 11.4 Å². The molecule has 0 saturated carbocycles. The second-order valence-corrected chi connectivity index (χ2v) is 20.8. The van der Waals surface area contributed by atoms with Crippen LogP contribution >= 0.6 is 11.3 Å². The third kappa shape index (κ3) is 7.36. The highest BCUT2D eigenvalue weighted by atomic mass is 32.1. The Hall–Kier alpha value is -7.26. The lowest BCUT2D eigenvalue weighted by molar-refractivity contribution is 0.569. The second-order valence-electron chi connectivity index (χ2n) is 19.7. The molecular weight excluding hydrogens is 815 g/mol. The van der Waals surface area contributed by atoms with E-state index in [1.807, 2.05) is 11.3 Å². The fraction of sp³-hybridized carbons (Fsp3) is 0.125. The number of para-hydroxylation sites is 2. The van der Waals surface area contributed by atoms with Crippen molar-refractivity contribution < 1.29 is 0 Å². The summed E-state index contributed by atoms with van der Waals surface area (Å²) >= 11 is 1.87. The van der Waals surface area contributed by atoms with Gasteiger partial charge in [-0.1, -0.05) is 217 Å². The molecule has 1 nitrogen and oxygen atoms in total. The maximum Gasteiger partial charge on any atom is 0.0540 e. The molecule has 1 heterocycles. The summed E-state index contributed by atoms with van der Waals surface area (Å²) in [4.78, 5) is 2.52. The Labute approximate surface area is 393 Å². The number of anilines is 3. The van der Waals surface area contributed by atoms with Gasteiger partial charge in [0.15, 0.2) is 0 Å². The number of hydrogen-bond donors (Lipinski definition) is 0. The van der Waals surface area contributed by atoms with Gasteiger partial charge >= 0.3 is 0 Å². The Kier molecular flexibility index (Phi) is 10.2. The minimum Gasteiger partial charge on any atom is -0.309 e. The van der Waals surface area contributed by atoms with Crippen LogP contribution in [0.1, 0.15) is 52.7 Å². The summed E-state index contributed by atoms with van der Waals surface area (Å²) in [5.74, 6) is 0. The molecule has 0 spiro atoms. The number of hydrogen-bond acceptors (Lipinski definition) is 2. The van der Waals surface area contributed by atoms with Gasteiger partial charge in [-0.15, -0.1) is 11.3 Å². The van der Waals surface area contributed by atoms with Crippen molar-refractivity contribution in [1.82, 2.24) is 0 Å². The first-order valence-corrected chi connectivity index (χ1v) is 24.0. The van der Waals surface area contributed by atoms with Crippen molar-refractivity contribution in [3.8, 4) is 44.5 Å². The van der Waals surface area contributed by atoms with Crippen LogP contribution in [-0.4, -0.2) is 0 Å². The molecule has 0 N–H and O–H groups in total. The normalized spacial score (nSPS) is 12.1. The van der Waals surface area contributed by atoms with Gasteiger partial charge in [0.1, 0.15) is 0 Å². The number of benzene rings is 10. The molecule has 1 aromatic heterocycles. The lowest BCUT2D eigenvalue weighted by Gasteiger charge is -2.31. The van der Waals surface area contributed by atoms with E-state index in [4.69, 9.17) is 0 Å². The van der Waals surface area contributed by atoms with Crippen LogP contribution in [0.4, 0.5) is 17.1 Å². The maximum absolute atomic E-state index is 2.52. The van der Waals surface area contributed by atoms with E-state index in [-0.39, 0.29) is 10.8 Å². The molecule has 0 aliphatic carbocycles. The van der Waals surface area contributed by atoms with Crippen LogP contribution in [0.3, 0.4) is 0 Å². The van der Waals surface area contributed by atoms with Crippen molar-refractivity contribution in [1.29, 1.82) is 0 Å². The molecule has 0 fully saturated rings. The summed E-state index contributed by atoms with van der Waals surface area (Å²) in [6, 6.07) is 79.1. The molecule has 0 bridgehead atoms. The van der Waals surface area contributed by atoms with Crippen molar-refractivity contribution in [3.63, 3.8) is 0 Å². The summed E-state index contributed by atoms with van der Waals surface area (Å²) in [6.07, 6.45) is 0. The van der Waals surface area contributed by atoms with E-state index in [0.29, 0.717) is 0 Å². The predicted octanol–water partition coefficient (Wildman–Crippen LogP) is 19.1. The number of fused-ring (bicyclic) bond motifs is 5. The van der Waals surface area contributed by atoms with E-state index in [1.54, 1.807) is 0 Å². The van der Waals surface area contributed by atoms with Crippen molar-refractivity contribution in [2.45, 2.75) is 52.4 Å². The van der Waals surface area contributed by atoms with Gasteiger partial charge in [-0.3, -0.25) is 0 Å². The average molecular weight is 868 g/mol. The molecule has 11 aromatic rings. The summed E-state index contributed by atoms with van der Waals surface area (Å²) in [5, 5.41) is 7.55. The predicted molar refractivity (Wildman–Crippen MR) is 288 cm³/mol. The van der Waals surface area contributed by atoms with Crippen molar-refractivity contribution in [2.75, 3.05) is 4.90 Å². The van der Waals surface area contributed by atoms with Crippen molar-refractivity contribution in [2.24, 2.45) is 0 Å². The molecule has 66 heavy (non-hydrogen) atoms. The quantitative estimate of drug-likeness (QED) is 0.154. The molecular formula is C64H53NS. The van der Waals surface area contributed by atoms with Crippen LogP contribution in [0.5, 0.6) is 0 Å². The van der Waals surface area contributed by atoms with Gasteiger partial charge in [-0.25, -0.2) is 0 Å². The summed E-state index contributed by atoms with van der Waals surface area (Å²) in [5.41, 5.74) is 15.7. The first-order chi connectivity index (χ1) is 32.0. The number of nitrogens with zero attached hydrogens (tertiary/aromatic N) is 1. The van der Waals surface area contributed by atoms with Crippen LogP contribution in [0, 0.1) is 0 Å². The van der Waals surface area contributed by atoms with Crippen molar-refractivity contribution >= 4 is 70.1 Å². The van der Waals surface area contributed by atoms with Gasteiger partial charge in [0, 0.05) is 37.0 Å². The van der Waals surface area contributed by atoms with Gasteiger partial charge in [0.25, 0.3) is 0 Å². The summed E-state index contributed by atoms with van der Waals surface area (Å²) in [6.45, 7) is 14.0. The Morgan fingerprint density at radius 1 is 0.333 bits per heavy atom. The van der Waals surface area contributed by atoms with Crippen molar-refractivity contribution in [3.05, 3.63) is 223 Å². The fourth-order valence-electron chi connectivity index (χ4n) is 9.94. The fourth-order valence-corrected chi connectivity index (χ4v) is 11.1. The highest BCUT2D eigenvalue weighted by Crippen LogP contribution is 2.49. The van der Waals surface area contributed by atoms with Crippen LogP contribution in [0.2, 0.25) is 0 Å². The molecule has 0 amide bonds. The molecule has 0 radical (unpaired) electrons. The molecule has 11 rings (SSSR count). The van der Waals surface area contributed by atoms with Gasteiger partial charge in [0.2, 0.25) is 0 Å². The Bertz CT molecular complexity index is 3590. The summed E-state index contributed by atoms with van der Waals surface area (Å²) in [7, 11) is 0. The first kappa shape index (κ1) is 41.4. The third-order valence-electron chi connectivity index (χ3n) is 13.4. The zero-order valence-corrected chi connectivity index (χ0v) is 39.4. The topological polar surface area (TPSA) is 3.24 Å². The number of rotatable bonds is 7. The van der Waals surface area contributed by atoms with Gasteiger partial charge in [-0.2, -0.15) is 0 Å². The average Bonchev–Trinajstić information content (AvgIpc) is 3.72. The minimum atomic E-state index is -0.00934. The SMILES string of the molecule is CC(C)(C)c1cc(-c2cccc3cccc(-c4ccccc4N(c4cccc(-c5cccc6sc7ccccc7c56)c4)c4ccccc4-c4cccc5ccccc45)c23)cc(C(C)(C)C)c1. The standard InChI is InChI=1S/C64H53NS/c1-63(2,3)46-38-45(39-47(41-46)64(4,5)6)51-30-17-22-43-23-18-33-55(61(43)51)54-28-10-13-35-58(54)65(57-34-12-9-27-53(57)52-32-16-21-42-20-7-8-26-49(42)52)48-25-15-24-44(40-48)50-31-19-37-60-62(50)56-29-11-14-36-59(56)66-60/h7-41H,1-6H3. The maximum atomic E-state index is 2.52. The van der Waals surface area contributed by atoms with Gasteiger partial charge < -0.3 is 4.90 Å². The third-order valence-corrected chi connectivity index (χ3v) is 14.5. The second kappa shape index (κ2) is 16.3. The zero-order valence-electron chi connectivity index (χ0n) is 38.6. The van der Waals surface area contributed by atoms with E-state index in [1.165, 1.54) is 97.4 Å². The molecule has 320 valence electrons. The van der Waals surface area contributed by atoms with E-state index in [2.05, 4.69) is 259 Å². The van der Waals surface area contributed by atoms with Gasteiger partial charge in [-0.05, 0) is 113 Å². The van der Waals surface area contributed by atoms with Crippen LogP contribution in [0.15, 0.2) is 212 Å². The molecule has 0 aliphatic rings. The number of thiophene rings is 1. The molecule has 2 heteroatoms. The Morgan fingerprint density at radius 3 is 1.52 bits per heavy atom. The van der Waals surface area contributed by atoms with E-state index >= 15 is 0 Å². The summed E-state index contributed by atoms with van der Waals surface area (Å²) < 4.78 is 2.61. The minimum absolute atomic E-state index is 0.00934. The van der Waals surface area contributed by atoms with E-state index < -0.39 is 0 Å². The Morgan fingerprint density at radius 2 is 0.818 bits per heavy atom. The van der Waals surface area contributed by atoms with Crippen LogP contribution in [-0.2, 0) is 10.8 Å². The highest BCUT2D eigenvalue weighted by molar-refractivity contribution is 7.25. The smallest absolute Gasteiger partial charge is 0.0540 e. The zero-order chi connectivity index (χ0) is 45.2. The molecule has 10 aromatic carbocycles. The lowest BCUT2D eigenvalue weighted by atomic mass is 9.78.